The summed E-state index contributed by atoms with van der Waals surface area (Å²) in [7, 11) is -1.31. The van der Waals surface area contributed by atoms with Gasteiger partial charge in [0.25, 0.3) is 5.91 Å². The second kappa shape index (κ2) is 5.70. The molecule has 0 unspecified atom stereocenters. The molecule has 0 aromatic heterocycles. The van der Waals surface area contributed by atoms with Crippen molar-refractivity contribution < 1.29 is 13.2 Å². The molecule has 110 valence electrons. The molecule has 20 heavy (non-hydrogen) atoms. The van der Waals surface area contributed by atoms with Crippen molar-refractivity contribution in [1.29, 1.82) is 0 Å². The fourth-order valence-corrected chi connectivity index (χ4v) is 3.71. The van der Waals surface area contributed by atoms with Gasteiger partial charge >= 0.3 is 0 Å². The largest absolute Gasteiger partial charge is 0.397 e. The van der Waals surface area contributed by atoms with Gasteiger partial charge in [-0.1, -0.05) is 0 Å². The lowest BCUT2D eigenvalue weighted by Gasteiger charge is -2.25. The van der Waals surface area contributed by atoms with Crippen LogP contribution in [0.2, 0.25) is 0 Å². The molecule has 1 aliphatic rings. The number of anilines is 2. The minimum absolute atomic E-state index is 0.0702. The van der Waals surface area contributed by atoms with E-state index in [4.69, 9.17) is 5.73 Å². The number of nitrogens with one attached hydrogen (secondary N) is 2. The molecule has 1 fully saturated rings. The molecular formula is C13H19N3O3S. The molecule has 4 N–H and O–H groups in total. The third kappa shape index (κ3) is 3.41. The molecule has 0 atom stereocenters. The van der Waals surface area contributed by atoms with Crippen LogP contribution in [0.1, 0.15) is 23.2 Å². The molecule has 0 aliphatic carbocycles. The lowest BCUT2D eigenvalue weighted by atomic mass is 10.1. The van der Waals surface area contributed by atoms with E-state index in [1.807, 2.05) is 0 Å². The molecule has 1 heterocycles. The molecule has 0 saturated carbocycles. The molecule has 2 rings (SSSR count). The average molecular weight is 297 g/mol. The molecular weight excluding hydrogens is 278 g/mol. The van der Waals surface area contributed by atoms with Gasteiger partial charge in [0.05, 0.1) is 22.9 Å². The summed E-state index contributed by atoms with van der Waals surface area (Å²) in [4.78, 5) is 11.6. The van der Waals surface area contributed by atoms with Crippen LogP contribution in [0.25, 0.3) is 0 Å². The molecule has 7 heteroatoms. The highest BCUT2D eigenvalue weighted by molar-refractivity contribution is 7.91. The predicted molar refractivity (Wildman–Crippen MR) is 79.5 cm³/mol. The predicted octanol–water partition coefficient (Wildman–Crippen LogP) is 0.617. The number of amides is 1. The van der Waals surface area contributed by atoms with Gasteiger partial charge in [0.2, 0.25) is 0 Å². The average Bonchev–Trinajstić information content (AvgIpc) is 2.42. The Kier molecular flexibility index (Phi) is 4.17. The topological polar surface area (TPSA) is 101 Å². The van der Waals surface area contributed by atoms with E-state index in [1.165, 1.54) is 0 Å². The Morgan fingerprint density at radius 1 is 1.30 bits per heavy atom. The van der Waals surface area contributed by atoms with E-state index in [0.29, 0.717) is 29.8 Å². The second-order valence-electron chi connectivity index (χ2n) is 4.95. The summed E-state index contributed by atoms with van der Waals surface area (Å²) in [5, 5.41) is 5.79. The van der Waals surface area contributed by atoms with E-state index in [1.54, 1.807) is 25.2 Å². The van der Waals surface area contributed by atoms with Crippen LogP contribution in [0, 0.1) is 0 Å². The number of benzene rings is 1. The van der Waals surface area contributed by atoms with Gasteiger partial charge in [0.15, 0.2) is 0 Å². The first-order valence-corrected chi connectivity index (χ1v) is 8.32. The maximum atomic E-state index is 11.6. The van der Waals surface area contributed by atoms with E-state index in [2.05, 4.69) is 10.6 Å². The molecule has 0 spiro atoms. The second-order valence-corrected chi connectivity index (χ2v) is 7.26. The van der Waals surface area contributed by atoms with E-state index in [-0.39, 0.29) is 23.5 Å². The summed E-state index contributed by atoms with van der Waals surface area (Å²) in [6, 6.07) is 5.09. The number of sulfone groups is 1. The van der Waals surface area contributed by atoms with Crippen LogP contribution >= 0.6 is 0 Å². The summed E-state index contributed by atoms with van der Waals surface area (Å²) in [6.07, 6.45) is 1.12. The number of hydrogen-bond donors (Lipinski definition) is 3. The molecule has 6 nitrogen and oxygen atoms in total. The van der Waals surface area contributed by atoms with Crippen molar-refractivity contribution in [2.24, 2.45) is 0 Å². The van der Waals surface area contributed by atoms with Crippen molar-refractivity contribution in [3.8, 4) is 0 Å². The Balaban J connectivity index is 2.11. The van der Waals surface area contributed by atoms with Crippen molar-refractivity contribution in [2.75, 3.05) is 29.6 Å². The third-order valence-corrected chi connectivity index (χ3v) is 5.17. The van der Waals surface area contributed by atoms with Gasteiger partial charge in [-0.2, -0.15) is 0 Å². The van der Waals surface area contributed by atoms with Crippen LogP contribution in [-0.4, -0.2) is 38.9 Å². The molecule has 0 radical (unpaired) electrons. The smallest absolute Gasteiger partial charge is 0.251 e. The van der Waals surface area contributed by atoms with E-state index >= 15 is 0 Å². The van der Waals surface area contributed by atoms with Crippen LogP contribution in [0.4, 0.5) is 11.4 Å². The summed E-state index contributed by atoms with van der Waals surface area (Å²) >= 11 is 0. The van der Waals surface area contributed by atoms with Crippen molar-refractivity contribution in [1.82, 2.24) is 5.32 Å². The summed E-state index contributed by atoms with van der Waals surface area (Å²) in [5.74, 6) is 0.207. The van der Waals surface area contributed by atoms with E-state index in [0.717, 1.165) is 0 Å². The van der Waals surface area contributed by atoms with Crippen molar-refractivity contribution in [3.63, 3.8) is 0 Å². The third-order valence-electron chi connectivity index (χ3n) is 3.46. The standard InChI is InChI=1S/C13H19N3O3S/c1-15-13(17)9-2-3-11(14)12(8-9)16-10-4-6-20(18,19)7-5-10/h2-3,8,10,16H,4-7,14H2,1H3,(H,15,17). The minimum atomic E-state index is -2.88. The number of hydrogen-bond acceptors (Lipinski definition) is 5. The maximum Gasteiger partial charge on any atom is 0.251 e. The lowest BCUT2D eigenvalue weighted by molar-refractivity contribution is 0.0963. The van der Waals surface area contributed by atoms with Gasteiger partial charge in [-0.25, -0.2) is 8.42 Å². The Labute approximate surface area is 118 Å². The summed E-state index contributed by atoms with van der Waals surface area (Å²) in [6.45, 7) is 0. The van der Waals surface area contributed by atoms with Crippen LogP contribution in [0.3, 0.4) is 0 Å². The van der Waals surface area contributed by atoms with Gasteiger partial charge in [0, 0.05) is 18.7 Å². The first-order chi connectivity index (χ1) is 9.41. The number of nitrogen functional groups attached to an aromatic ring is 1. The van der Waals surface area contributed by atoms with E-state index in [9.17, 15) is 13.2 Å². The number of rotatable bonds is 3. The fourth-order valence-electron chi connectivity index (χ4n) is 2.22. The lowest BCUT2D eigenvalue weighted by Crippen LogP contribution is -2.32. The molecule has 1 saturated heterocycles. The highest BCUT2D eigenvalue weighted by atomic mass is 32.2. The normalized spacial score (nSPS) is 18.4. The first kappa shape index (κ1) is 14.6. The van der Waals surface area contributed by atoms with Crippen molar-refractivity contribution in [3.05, 3.63) is 23.8 Å². The number of carbonyl (C=O) groups is 1. The summed E-state index contributed by atoms with van der Waals surface area (Å²) in [5.41, 5.74) is 7.63. The SMILES string of the molecule is CNC(=O)c1ccc(N)c(NC2CCS(=O)(=O)CC2)c1. The zero-order valence-electron chi connectivity index (χ0n) is 11.3. The van der Waals surface area contributed by atoms with Gasteiger partial charge < -0.3 is 16.4 Å². The molecule has 1 aliphatic heterocycles. The Hall–Kier alpha value is -1.76. The van der Waals surface area contributed by atoms with Gasteiger partial charge in [-0.05, 0) is 31.0 Å². The highest BCUT2D eigenvalue weighted by Crippen LogP contribution is 2.24. The van der Waals surface area contributed by atoms with Crippen molar-refractivity contribution >= 4 is 27.1 Å². The van der Waals surface area contributed by atoms with Crippen molar-refractivity contribution in [2.45, 2.75) is 18.9 Å². The Bertz CT molecular complexity index is 599. The molecule has 1 aromatic carbocycles. The monoisotopic (exact) mass is 297 g/mol. The minimum Gasteiger partial charge on any atom is -0.397 e. The summed E-state index contributed by atoms with van der Waals surface area (Å²) < 4.78 is 22.8. The van der Waals surface area contributed by atoms with Crippen LogP contribution in [-0.2, 0) is 9.84 Å². The van der Waals surface area contributed by atoms with Gasteiger partial charge in [-0.3, -0.25) is 4.79 Å². The first-order valence-electron chi connectivity index (χ1n) is 6.50. The van der Waals surface area contributed by atoms with Crippen LogP contribution in [0.5, 0.6) is 0 Å². The number of nitrogens with two attached hydrogens (primary N) is 1. The molecule has 1 amide bonds. The molecule has 1 aromatic rings. The molecule has 0 bridgehead atoms. The zero-order chi connectivity index (χ0) is 14.8. The van der Waals surface area contributed by atoms with Gasteiger partial charge in [0.1, 0.15) is 9.84 Å². The maximum absolute atomic E-state index is 11.6. The van der Waals surface area contributed by atoms with Crippen LogP contribution in [0.15, 0.2) is 18.2 Å². The highest BCUT2D eigenvalue weighted by Gasteiger charge is 2.23. The zero-order valence-corrected chi connectivity index (χ0v) is 12.2. The fraction of sp³-hybridized carbons (Fsp3) is 0.462. The number of carbonyl (C=O) groups excluding carboxylic acids is 1. The Morgan fingerprint density at radius 2 is 1.95 bits per heavy atom. The Morgan fingerprint density at radius 3 is 2.55 bits per heavy atom. The van der Waals surface area contributed by atoms with Crippen LogP contribution < -0.4 is 16.4 Å². The quantitative estimate of drug-likeness (QED) is 0.710. The van der Waals surface area contributed by atoms with E-state index < -0.39 is 9.84 Å². The van der Waals surface area contributed by atoms with Gasteiger partial charge in [-0.15, -0.1) is 0 Å².